The molecule has 7 nitrogen and oxygen atoms in total. The smallest absolute Gasteiger partial charge is 0.414 e. The van der Waals surface area contributed by atoms with Crippen molar-refractivity contribution in [3.63, 3.8) is 0 Å². The molecule has 0 aromatic rings. The average molecular weight is 181 g/mol. The summed E-state index contributed by atoms with van der Waals surface area (Å²) in [4.78, 5) is 22.4. The molecule has 7 heteroatoms. The highest BCUT2D eigenvalue weighted by atomic mass is 16.6. The average Bonchev–Trinajstić information content (AvgIpc) is 2.02. The summed E-state index contributed by atoms with van der Waals surface area (Å²) in [5, 5.41) is 14.8. The van der Waals surface area contributed by atoms with Crippen LogP contribution in [0, 0.1) is 0 Å². The lowest BCUT2D eigenvalue weighted by Crippen LogP contribution is -2.09. The lowest BCUT2D eigenvalue weighted by Gasteiger charge is -1.91. The Morgan fingerprint density at radius 3 is 1.75 bits per heavy atom. The zero-order valence-corrected chi connectivity index (χ0v) is 6.52. The largest absolute Gasteiger partial charge is 0.473 e. The molecule has 0 rings (SSSR count). The standard InChI is InChI=1S/C3H9NO2.C2H2O4/c1-5-2-3-6-4;3-1(4)2(5)6/h2-4H2,1H3;(H,3,4)(H,5,6). The maximum Gasteiger partial charge on any atom is 0.414 e. The van der Waals surface area contributed by atoms with E-state index >= 15 is 0 Å². The Labute approximate surface area is 68.6 Å². The fourth-order valence-corrected chi connectivity index (χ4v) is 0.131. The second kappa shape index (κ2) is 9.82. The van der Waals surface area contributed by atoms with Crippen molar-refractivity contribution in [1.82, 2.24) is 0 Å². The number of aliphatic carboxylic acids is 2. The topological polar surface area (TPSA) is 119 Å². The van der Waals surface area contributed by atoms with Gasteiger partial charge in [0.25, 0.3) is 0 Å². The predicted molar refractivity (Wildman–Crippen MR) is 37.3 cm³/mol. The van der Waals surface area contributed by atoms with Crippen molar-refractivity contribution in [3.8, 4) is 0 Å². The summed E-state index contributed by atoms with van der Waals surface area (Å²) in [6.07, 6.45) is 0. The van der Waals surface area contributed by atoms with E-state index in [0.29, 0.717) is 13.2 Å². The van der Waals surface area contributed by atoms with Gasteiger partial charge in [0.1, 0.15) is 0 Å². The van der Waals surface area contributed by atoms with Crippen LogP contribution < -0.4 is 5.90 Å². The first-order valence-electron chi connectivity index (χ1n) is 2.83. The number of methoxy groups -OCH3 is 1. The first kappa shape index (κ1) is 13.4. The number of rotatable bonds is 3. The third-order valence-electron chi connectivity index (χ3n) is 0.588. The summed E-state index contributed by atoms with van der Waals surface area (Å²) in [5.74, 6) is 0.986. The Kier molecular flexibility index (Phi) is 11.0. The minimum atomic E-state index is -1.82. The number of hydrogen-bond acceptors (Lipinski definition) is 5. The highest BCUT2D eigenvalue weighted by molar-refractivity contribution is 6.27. The third kappa shape index (κ3) is 15.9. The van der Waals surface area contributed by atoms with Crippen molar-refractivity contribution < 1.29 is 29.4 Å². The van der Waals surface area contributed by atoms with Crippen LogP contribution in [0.15, 0.2) is 0 Å². The molecule has 0 saturated carbocycles. The van der Waals surface area contributed by atoms with E-state index < -0.39 is 11.9 Å². The molecule has 0 bridgehead atoms. The number of carboxylic acids is 2. The number of ether oxygens (including phenoxy) is 1. The Balaban J connectivity index is 0. The van der Waals surface area contributed by atoms with Crippen molar-refractivity contribution in [1.29, 1.82) is 0 Å². The van der Waals surface area contributed by atoms with E-state index in [4.69, 9.17) is 19.8 Å². The number of carboxylic acid groups (broad SMARTS) is 2. The van der Waals surface area contributed by atoms with E-state index in [1.165, 1.54) is 0 Å². The third-order valence-corrected chi connectivity index (χ3v) is 0.588. The van der Waals surface area contributed by atoms with Crippen LogP contribution in [0.5, 0.6) is 0 Å². The molecule has 0 spiro atoms. The molecule has 0 aliphatic rings. The van der Waals surface area contributed by atoms with E-state index in [0.717, 1.165) is 0 Å². The lowest BCUT2D eigenvalue weighted by atomic mass is 10.7. The summed E-state index contributed by atoms with van der Waals surface area (Å²) in [7, 11) is 1.60. The van der Waals surface area contributed by atoms with Gasteiger partial charge in [-0.15, -0.1) is 0 Å². The number of carbonyl (C=O) groups is 2. The van der Waals surface area contributed by atoms with Gasteiger partial charge in [-0.2, -0.15) is 0 Å². The fourth-order valence-electron chi connectivity index (χ4n) is 0.131. The monoisotopic (exact) mass is 181 g/mol. The van der Waals surface area contributed by atoms with Gasteiger partial charge in [0.05, 0.1) is 13.2 Å². The SMILES string of the molecule is COCCON.O=C(O)C(=O)O. The molecule has 0 atom stereocenters. The van der Waals surface area contributed by atoms with Crippen LogP contribution in [0.4, 0.5) is 0 Å². The van der Waals surface area contributed by atoms with Gasteiger partial charge in [-0.25, -0.2) is 15.5 Å². The second-order valence-electron chi connectivity index (χ2n) is 1.47. The molecule has 72 valence electrons. The van der Waals surface area contributed by atoms with Gasteiger partial charge < -0.3 is 19.8 Å². The Bertz CT molecular complexity index is 120. The molecule has 0 aromatic heterocycles. The van der Waals surface area contributed by atoms with Crippen molar-refractivity contribution in [3.05, 3.63) is 0 Å². The van der Waals surface area contributed by atoms with E-state index in [-0.39, 0.29) is 0 Å². The molecule has 4 N–H and O–H groups in total. The van der Waals surface area contributed by atoms with Crippen molar-refractivity contribution in [2.75, 3.05) is 20.3 Å². The molecule has 0 unspecified atom stereocenters. The summed E-state index contributed by atoms with van der Waals surface area (Å²) >= 11 is 0. The molecule has 0 fully saturated rings. The quantitative estimate of drug-likeness (QED) is 0.280. The number of hydrogen-bond donors (Lipinski definition) is 3. The van der Waals surface area contributed by atoms with Gasteiger partial charge in [-0.05, 0) is 0 Å². The van der Waals surface area contributed by atoms with Gasteiger partial charge in [0.2, 0.25) is 0 Å². The second-order valence-corrected chi connectivity index (χ2v) is 1.47. The first-order valence-corrected chi connectivity index (χ1v) is 2.83. The Hall–Kier alpha value is -1.18. The molecule has 0 radical (unpaired) electrons. The summed E-state index contributed by atoms with van der Waals surface area (Å²) < 4.78 is 4.58. The van der Waals surface area contributed by atoms with Crippen LogP contribution in [-0.2, 0) is 19.2 Å². The Morgan fingerprint density at radius 2 is 1.67 bits per heavy atom. The fraction of sp³-hybridized carbons (Fsp3) is 0.600. The van der Waals surface area contributed by atoms with Crippen LogP contribution in [0.1, 0.15) is 0 Å². The van der Waals surface area contributed by atoms with E-state index in [9.17, 15) is 0 Å². The van der Waals surface area contributed by atoms with Gasteiger partial charge in [0.15, 0.2) is 0 Å². The molecule has 0 aliphatic heterocycles. The van der Waals surface area contributed by atoms with E-state index in [1.807, 2.05) is 0 Å². The van der Waals surface area contributed by atoms with Gasteiger partial charge >= 0.3 is 11.9 Å². The predicted octanol–water partition coefficient (Wildman–Crippen LogP) is -1.32. The Morgan fingerprint density at radius 1 is 1.25 bits per heavy atom. The van der Waals surface area contributed by atoms with Crippen LogP contribution in [-0.4, -0.2) is 42.5 Å². The molecule has 0 amide bonds. The first-order chi connectivity index (χ1) is 5.56. The van der Waals surface area contributed by atoms with Crippen molar-refractivity contribution in [2.24, 2.45) is 5.90 Å². The minimum Gasteiger partial charge on any atom is -0.473 e. The molecule has 0 aliphatic carbocycles. The van der Waals surface area contributed by atoms with E-state index in [2.05, 4.69) is 15.5 Å². The van der Waals surface area contributed by atoms with Crippen LogP contribution in [0.3, 0.4) is 0 Å². The summed E-state index contributed by atoms with van der Waals surface area (Å²) in [6, 6.07) is 0. The van der Waals surface area contributed by atoms with Crippen LogP contribution in [0.25, 0.3) is 0 Å². The molecule has 0 saturated heterocycles. The van der Waals surface area contributed by atoms with Crippen LogP contribution in [0.2, 0.25) is 0 Å². The number of nitrogens with two attached hydrogens (primary N) is 1. The molecule has 0 heterocycles. The van der Waals surface area contributed by atoms with Crippen molar-refractivity contribution in [2.45, 2.75) is 0 Å². The maximum absolute atomic E-state index is 9.10. The van der Waals surface area contributed by atoms with Gasteiger partial charge in [0, 0.05) is 7.11 Å². The minimum absolute atomic E-state index is 0.469. The highest BCUT2D eigenvalue weighted by Crippen LogP contribution is 1.62. The molecule has 12 heavy (non-hydrogen) atoms. The normalized spacial score (nSPS) is 8.17. The van der Waals surface area contributed by atoms with Gasteiger partial charge in [-0.1, -0.05) is 0 Å². The molecular formula is C5H11NO6. The van der Waals surface area contributed by atoms with Crippen LogP contribution >= 0.6 is 0 Å². The summed E-state index contributed by atoms with van der Waals surface area (Å²) in [6.45, 7) is 1.03. The van der Waals surface area contributed by atoms with Crippen molar-refractivity contribution >= 4 is 11.9 Å². The molecular weight excluding hydrogens is 170 g/mol. The summed E-state index contributed by atoms with van der Waals surface area (Å²) in [5.41, 5.74) is 0. The zero-order valence-electron chi connectivity index (χ0n) is 6.52. The van der Waals surface area contributed by atoms with E-state index in [1.54, 1.807) is 7.11 Å². The lowest BCUT2D eigenvalue weighted by molar-refractivity contribution is -0.159. The molecule has 0 aromatic carbocycles. The van der Waals surface area contributed by atoms with Gasteiger partial charge in [-0.3, -0.25) is 0 Å². The maximum atomic E-state index is 9.10. The zero-order chi connectivity index (χ0) is 9.98. The highest BCUT2D eigenvalue weighted by Gasteiger charge is 2.04.